The van der Waals surface area contributed by atoms with Crippen molar-refractivity contribution < 1.29 is 14.6 Å². The van der Waals surface area contributed by atoms with Gasteiger partial charge in [0.15, 0.2) is 0 Å². The van der Waals surface area contributed by atoms with Crippen molar-refractivity contribution in [3.8, 4) is 0 Å². The first-order chi connectivity index (χ1) is 18.2. The van der Waals surface area contributed by atoms with Crippen LogP contribution in [0.5, 0.6) is 0 Å². The summed E-state index contributed by atoms with van der Waals surface area (Å²) in [5, 5.41) is 8.57. The van der Waals surface area contributed by atoms with Gasteiger partial charge in [-0.15, -0.1) is 0 Å². The molecule has 0 unspecified atom stereocenters. The van der Waals surface area contributed by atoms with Gasteiger partial charge in [-0.05, 0) is 19.3 Å². The van der Waals surface area contributed by atoms with Crippen LogP contribution in [0.25, 0.3) is 0 Å². The number of carbonyl (C=O) groups excluding carboxylic acids is 1. The Bertz CT molecular complexity index is 387. The van der Waals surface area contributed by atoms with Gasteiger partial charge in [0.1, 0.15) is 0 Å². The lowest BCUT2D eigenvalue weighted by Gasteiger charge is -2.05. The minimum Gasteiger partial charge on any atom is -0.466 e. The smallest absolute Gasteiger partial charge is 0.305 e. The van der Waals surface area contributed by atoms with E-state index in [9.17, 15) is 4.79 Å². The van der Waals surface area contributed by atoms with Gasteiger partial charge >= 0.3 is 5.97 Å². The molecule has 0 bridgehead atoms. The SMILES string of the molecule is CCCCCCCCCCCCCC(=O)OCCCCCCCC.CCCCCCCCCCCCO. The number of hydrogen-bond donors (Lipinski definition) is 1. The van der Waals surface area contributed by atoms with Crippen LogP contribution in [0.2, 0.25) is 0 Å². The first-order valence-corrected chi connectivity index (χ1v) is 17.0. The minimum atomic E-state index is 0.0134. The Hall–Kier alpha value is -0.570. The van der Waals surface area contributed by atoms with Crippen molar-refractivity contribution in [1.29, 1.82) is 0 Å². The van der Waals surface area contributed by atoms with Crippen LogP contribution in [-0.2, 0) is 9.53 Å². The van der Waals surface area contributed by atoms with Gasteiger partial charge in [0.25, 0.3) is 0 Å². The summed E-state index contributed by atoms with van der Waals surface area (Å²) in [5.74, 6) is 0.0134. The maximum absolute atomic E-state index is 11.6. The summed E-state index contributed by atoms with van der Waals surface area (Å²) < 4.78 is 5.30. The van der Waals surface area contributed by atoms with Crippen molar-refractivity contribution in [2.24, 2.45) is 0 Å². The quantitative estimate of drug-likeness (QED) is 0.0778. The van der Waals surface area contributed by atoms with Gasteiger partial charge in [-0.1, -0.05) is 175 Å². The van der Waals surface area contributed by atoms with Gasteiger partial charge in [-0.25, -0.2) is 0 Å². The molecule has 0 spiro atoms. The van der Waals surface area contributed by atoms with Crippen LogP contribution in [0, 0.1) is 0 Å². The van der Waals surface area contributed by atoms with Gasteiger partial charge in [0.05, 0.1) is 6.61 Å². The predicted molar refractivity (Wildman–Crippen MR) is 164 cm³/mol. The molecular weight excluding hydrogens is 456 g/mol. The molecule has 224 valence electrons. The zero-order valence-corrected chi connectivity index (χ0v) is 26.0. The average Bonchev–Trinajstić information content (AvgIpc) is 2.90. The van der Waals surface area contributed by atoms with Gasteiger partial charge in [-0.2, -0.15) is 0 Å². The second-order valence-electron chi connectivity index (χ2n) is 11.2. The number of aliphatic hydroxyl groups excluding tert-OH is 1. The minimum absolute atomic E-state index is 0.0134. The van der Waals surface area contributed by atoms with E-state index in [2.05, 4.69) is 20.8 Å². The Balaban J connectivity index is 0. The van der Waals surface area contributed by atoms with Crippen LogP contribution >= 0.6 is 0 Å². The van der Waals surface area contributed by atoms with E-state index in [0.717, 1.165) is 19.3 Å². The molecule has 0 fully saturated rings. The van der Waals surface area contributed by atoms with Crippen molar-refractivity contribution in [3.63, 3.8) is 0 Å². The maximum atomic E-state index is 11.6. The number of ether oxygens (including phenoxy) is 1. The molecule has 0 aliphatic heterocycles. The summed E-state index contributed by atoms with van der Waals surface area (Å²) in [6.07, 6.45) is 35.9. The van der Waals surface area contributed by atoms with E-state index in [0.29, 0.717) is 19.6 Å². The Kier molecular flexibility index (Phi) is 39.2. The fraction of sp³-hybridized carbons (Fsp3) is 0.971. The summed E-state index contributed by atoms with van der Waals surface area (Å²) >= 11 is 0. The molecule has 0 heterocycles. The number of carbonyl (C=O) groups is 1. The second-order valence-corrected chi connectivity index (χ2v) is 11.2. The van der Waals surface area contributed by atoms with E-state index in [-0.39, 0.29) is 5.97 Å². The fourth-order valence-electron chi connectivity index (χ4n) is 4.67. The highest BCUT2D eigenvalue weighted by Crippen LogP contribution is 2.13. The number of rotatable bonds is 29. The van der Waals surface area contributed by atoms with Crippen LogP contribution in [0.3, 0.4) is 0 Å². The fourth-order valence-corrected chi connectivity index (χ4v) is 4.67. The predicted octanol–water partition coefficient (Wildman–Crippen LogP) is 11.5. The summed E-state index contributed by atoms with van der Waals surface area (Å²) in [6, 6.07) is 0. The van der Waals surface area contributed by atoms with Gasteiger partial charge in [0.2, 0.25) is 0 Å². The molecule has 0 rings (SSSR count). The molecule has 0 saturated heterocycles. The van der Waals surface area contributed by atoms with E-state index in [1.165, 1.54) is 154 Å². The van der Waals surface area contributed by atoms with Gasteiger partial charge in [0, 0.05) is 13.0 Å². The van der Waals surface area contributed by atoms with E-state index >= 15 is 0 Å². The zero-order chi connectivity index (χ0) is 27.5. The molecule has 0 aromatic rings. The molecule has 0 aliphatic carbocycles. The molecule has 3 nitrogen and oxygen atoms in total. The third kappa shape index (κ3) is 40.1. The Morgan fingerprint density at radius 1 is 0.432 bits per heavy atom. The molecule has 1 N–H and O–H groups in total. The molecule has 0 atom stereocenters. The lowest BCUT2D eigenvalue weighted by molar-refractivity contribution is -0.143. The summed E-state index contributed by atoms with van der Waals surface area (Å²) in [7, 11) is 0. The van der Waals surface area contributed by atoms with E-state index in [1.807, 2.05) is 0 Å². The Labute approximate surface area is 234 Å². The lowest BCUT2D eigenvalue weighted by atomic mass is 10.1. The van der Waals surface area contributed by atoms with Gasteiger partial charge in [-0.3, -0.25) is 4.79 Å². The third-order valence-electron chi connectivity index (χ3n) is 7.26. The third-order valence-corrected chi connectivity index (χ3v) is 7.26. The van der Waals surface area contributed by atoms with Crippen LogP contribution in [-0.4, -0.2) is 24.3 Å². The highest BCUT2D eigenvalue weighted by Gasteiger charge is 2.02. The second kappa shape index (κ2) is 37.6. The normalized spacial score (nSPS) is 10.8. The topological polar surface area (TPSA) is 46.5 Å². The molecule has 3 heteroatoms. The Morgan fingerprint density at radius 3 is 1.08 bits per heavy atom. The standard InChI is InChI=1S/C22H44O2.C12H26O/c1-3-5-7-9-11-12-13-14-15-16-18-20-22(23)24-21-19-17-10-8-6-4-2;1-2-3-4-5-6-7-8-9-10-11-12-13/h3-21H2,1-2H3;13H,2-12H2,1H3. The molecule has 0 aliphatic rings. The maximum Gasteiger partial charge on any atom is 0.305 e. The molecule has 37 heavy (non-hydrogen) atoms. The van der Waals surface area contributed by atoms with Crippen molar-refractivity contribution in [1.82, 2.24) is 0 Å². The van der Waals surface area contributed by atoms with Crippen LogP contribution in [0.15, 0.2) is 0 Å². The first-order valence-electron chi connectivity index (χ1n) is 17.0. The van der Waals surface area contributed by atoms with E-state index in [1.54, 1.807) is 0 Å². The van der Waals surface area contributed by atoms with Crippen molar-refractivity contribution >= 4 is 5.97 Å². The van der Waals surface area contributed by atoms with E-state index < -0.39 is 0 Å². The molecular formula is C34H70O3. The molecule has 0 aromatic carbocycles. The van der Waals surface area contributed by atoms with Crippen LogP contribution < -0.4 is 0 Å². The highest BCUT2D eigenvalue weighted by molar-refractivity contribution is 5.69. The van der Waals surface area contributed by atoms with E-state index in [4.69, 9.17) is 9.84 Å². The zero-order valence-electron chi connectivity index (χ0n) is 26.0. The summed E-state index contributed by atoms with van der Waals surface area (Å²) in [6.45, 7) is 7.76. The number of hydrogen-bond acceptors (Lipinski definition) is 3. The molecule has 0 amide bonds. The molecule has 0 aromatic heterocycles. The van der Waals surface area contributed by atoms with Crippen LogP contribution in [0.4, 0.5) is 0 Å². The van der Waals surface area contributed by atoms with Crippen molar-refractivity contribution in [3.05, 3.63) is 0 Å². The van der Waals surface area contributed by atoms with Gasteiger partial charge < -0.3 is 9.84 Å². The average molecular weight is 527 g/mol. The lowest BCUT2D eigenvalue weighted by Crippen LogP contribution is -2.05. The summed E-state index contributed by atoms with van der Waals surface area (Å²) in [4.78, 5) is 11.6. The summed E-state index contributed by atoms with van der Waals surface area (Å²) in [5.41, 5.74) is 0. The van der Waals surface area contributed by atoms with Crippen molar-refractivity contribution in [2.75, 3.05) is 13.2 Å². The molecule has 0 radical (unpaired) electrons. The first kappa shape index (κ1) is 38.6. The number of esters is 1. The Morgan fingerprint density at radius 2 is 0.730 bits per heavy atom. The number of aliphatic hydroxyl groups is 1. The largest absolute Gasteiger partial charge is 0.466 e. The van der Waals surface area contributed by atoms with Crippen LogP contribution in [0.1, 0.15) is 201 Å². The molecule has 0 saturated carbocycles. The van der Waals surface area contributed by atoms with Crippen molar-refractivity contribution in [2.45, 2.75) is 201 Å². The highest BCUT2D eigenvalue weighted by atomic mass is 16.5. The number of unbranched alkanes of at least 4 members (excludes halogenated alkanes) is 24. The monoisotopic (exact) mass is 527 g/mol.